The van der Waals surface area contributed by atoms with Crippen LogP contribution in [-0.4, -0.2) is 14.5 Å². The van der Waals surface area contributed by atoms with E-state index < -0.39 is 0 Å². The Bertz CT molecular complexity index is 607. The van der Waals surface area contributed by atoms with Crippen LogP contribution in [0, 0.1) is 17.0 Å². The van der Waals surface area contributed by atoms with Gasteiger partial charge in [0.25, 0.3) is 5.69 Å². The number of nitrogens with zero attached hydrogens (tertiary/aromatic N) is 3. The molecule has 0 saturated heterocycles. The van der Waals surface area contributed by atoms with Crippen molar-refractivity contribution >= 4 is 5.69 Å². The molecule has 0 amide bonds. The molecule has 20 heavy (non-hydrogen) atoms. The van der Waals surface area contributed by atoms with Gasteiger partial charge in [-0.05, 0) is 19.4 Å². The van der Waals surface area contributed by atoms with E-state index in [4.69, 9.17) is 0 Å². The van der Waals surface area contributed by atoms with Crippen molar-refractivity contribution in [2.24, 2.45) is 0 Å². The molecule has 0 aliphatic carbocycles. The standard InChI is InChI=1S/C14H18N4O2/c1-3-17-10-16-9-13(17)8-15-7-12-5-4-6-14(11(12)2)18(19)20/h4-6,9-10,15H,3,7-8H2,1-2H3. The van der Waals surface area contributed by atoms with Crippen LogP contribution >= 0.6 is 0 Å². The summed E-state index contributed by atoms with van der Waals surface area (Å²) in [6.45, 7) is 6.02. The lowest BCUT2D eigenvalue weighted by atomic mass is 10.1. The Morgan fingerprint density at radius 3 is 2.90 bits per heavy atom. The third-order valence-corrected chi connectivity index (χ3v) is 3.37. The largest absolute Gasteiger partial charge is 0.334 e. The van der Waals surface area contributed by atoms with E-state index in [0.29, 0.717) is 18.7 Å². The summed E-state index contributed by atoms with van der Waals surface area (Å²) in [5.41, 5.74) is 2.94. The maximum Gasteiger partial charge on any atom is 0.272 e. The van der Waals surface area contributed by atoms with Gasteiger partial charge in [-0.3, -0.25) is 10.1 Å². The summed E-state index contributed by atoms with van der Waals surface area (Å²) in [6, 6.07) is 5.16. The van der Waals surface area contributed by atoms with Crippen LogP contribution in [0.2, 0.25) is 0 Å². The van der Waals surface area contributed by atoms with Crippen LogP contribution in [0.4, 0.5) is 5.69 Å². The van der Waals surface area contributed by atoms with E-state index in [1.807, 2.05) is 12.3 Å². The van der Waals surface area contributed by atoms with Gasteiger partial charge in [-0.25, -0.2) is 4.98 Å². The highest BCUT2D eigenvalue weighted by atomic mass is 16.6. The molecule has 0 unspecified atom stereocenters. The monoisotopic (exact) mass is 274 g/mol. The summed E-state index contributed by atoms with van der Waals surface area (Å²) in [6.07, 6.45) is 3.63. The van der Waals surface area contributed by atoms with Crippen molar-refractivity contribution in [2.75, 3.05) is 0 Å². The zero-order chi connectivity index (χ0) is 14.5. The zero-order valence-corrected chi connectivity index (χ0v) is 11.7. The Morgan fingerprint density at radius 2 is 2.20 bits per heavy atom. The Balaban J connectivity index is 2.01. The first kappa shape index (κ1) is 14.2. The lowest BCUT2D eigenvalue weighted by molar-refractivity contribution is -0.385. The summed E-state index contributed by atoms with van der Waals surface area (Å²) in [7, 11) is 0. The van der Waals surface area contributed by atoms with Gasteiger partial charge in [0.1, 0.15) is 0 Å². The average molecular weight is 274 g/mol. The highest BCUT2D eigenvalue weighted by Crippen LogP contribution is 2.20. The quantitative estimate of drug-likeness (QED) is 0.648. The second-order valence-corrected chi connectivity index (χ2v) is 4.59. The van der Waals surface area contributed by atoms with Crippen molar-refractivity contribution in [3.05, 3.63) is 57.7 Å². The summed E-state index contributed by atoms with van der Waals surface area (Å²) in [5.74, 6) is 0. The number of aryl methyl sites for hydroxylation is 1. The molecule has 1 aromatic carbocycles. The number of hydrogen-bond acceptors (Lipinski definition) is 4. The lowest BCUT2D eigenvalue weighted by Gasteiger charge is -2.09. The molecule has 2 rings (SSSR count). The van der Waals surface area contributed by atoms with Crippen molar-refractivity contribution in [2.45, 2.75) is 33.5 Å². The first-order chi connectivity index (χ1) is 9.63. The third-order valence-electron chi connectivity index (χ3n) is 3.37. The molecule has 6 heteroatoms. The minimum absolute atomic E-state index is 0.169. The Kier molecular flexibility index (Phi) is 4.47. The van der Waals surface area contributed by atoms with E-state index in [9.17, 15) is 10.1 Å². The molecule has 0 atom stereocenters. The summed E-state index contributed by atoms with van der Waals surface area (Å²) < 4.78 is 2.06. The van der Waals surface area contributed by atoms with Crippen LogP contribution in [-0.2, 0) is 19.6 Å². The fourth-order valence-corrected chi connectivity index (χ4v) is 2.16. The lowest BCUT2D eigenvalue weighted by Crippen LogP contribution is -2.16. The highest BCUT2D eigenvalue weighted by Gasteiger charge is 2.12. The number of nitro groups is 1. The van der Waals surface area contributed by atoms with E-state index in [0.717, 1.165) is 17.8 Å². The first-order valence-corrected chi connectivity index (χ1v) is 6.56. The normalized spacial score (nSPS) is 10.7. The van der Waals surface area contributed by atoms with Gasteiger partial charge in [0, 0.05) is 37.5 Å². The number of benzene rings is 1. The van der Waals surface area contributed by atoms with Gasteiger partial charge >= 0.3 is 0 Å². The molecule has 0 aliphatic rings. The van der Waals surface area contributed by atoms with Crippen LogP contribution in [0.5, 0.6) is 0 Å². The molecule has 1 heterocycles. The average Bonchev–Trinajstić information content (AvgIpc) is 2.88. The summed E-state index contributed by atoms with van der Waals surface area (Å²) in [4.78, 5) is 14.7. The fourth-order valence-electron chi connectivity index (χ4n) is 2.16. The molecule has 0 fully saturated rings. The summed E-state index contributed by atoms with van der Waals surface area (Å²) >= 11 is 0. The molecule has 0 saturated carbocycles. The number of hydrogen-bond donors (Lipinski definition) is 1. The van der Waals surface area contributed by atoms with E-state index in [2.05, 4.69) is 21.8 Å². The van der Waals surface area contributed by atoms with E-state index >= 15 is 0 Å². The van der Waals surface area contributed by atoms with Crippen molar-refractivity contribution in [1.29, 1.82) is 0 Å². The molecule has 0 radical (unpaired) electrons. The van der Waals surface area contributed by atoms with Gasteiger partial charge in [0.05, 0.1) is 16.9 Å². The second-order valence-electron chi connectivity index (χ2n) is 4.59. The molecule has 1 aromatic heterocycles. The molecule has 0 aliphatic heterocycles. The Hall–Kier alpha value is -2.21. The van der Waals surface area contributed by atoms with E-state index in [1.54, 1.807) is 19.3 Å². The molecule has 1 N–H and O–H groups in total. The predicted octanol–water partition coefficient (Wildman–Crippen LogP) is 2.41. The Labute approximate surface area is 117 Å². The van der Waals surface area contributed by atoms with E-state index in [-0.39, 0.29) is 10.6 Å². The van der Waals surface area contributed by atoms with Crippen LogP contribution in [0.15, 0.2) is 30.7 Å². The molecule has 0 spiro atoms. The molecule has 106 valence electrons. The third kappa shape index (κ3) is 3.03. The van der Waals surface area contributed by atoms with Crippen LogP contribution < -0.4 is 5.32 Å². The number of aromatic nitrogens is 2. The molecule has 6 nitrogen and oxygen atoms in total. The fraction of sp³-hybridized carbons (Fsp3) is 0.357. The van der Waals surface area contributed by atoms with Crippen LogP contribution in [0.3, 0.4) is 0 Å². The van der Waals surface area contributed by atoms with Gasteiger partial charge in [-0.15, -0.1) is 0 Å². The van der Waals surface area contributed by atoms with Crippen molar-refractivity contribution in [3.63, 3.8) is 0 Å². The highest BCUT2D eigenvalue weighted by molar-refractivity contribution is 5.44. The van der Waals surface area contributed by atoms with Gasteiger partial charge in [0.15, 0.2) is 0 Å². The van der Waals surface area contributed by atoms with Crippen LogP contribution in [0.25, 0.3) is 0 Å². The maximum absolute atomic E-state index is 10.9. The maximum atomic E-state index is 10.9. The second kappa shape index (κ2) is 6.29. The first-order valence-electron chi connectivity index (χ1n) is 6.56. The minimum Gasteiger partial charge on any atom is -0.334 e. The van der Waals surface area contributed by atoms with Crippen molar-refractivity contribution in [3.8, 4) is 0 Å². The smallest absolute Gasteiger partial charge is 0.272 e. The summed E-state index contributed by atoms with van der Waals surface area (Å²) in [5, 5.41) is 14.2. The van der Waals surface area contributed by atoms with E-state index in [1.165, 1.54) is 6.07 Å². The number of imidazole rings is 1. The molecule has 2 aromatic rings. The van der Waals surface area contributed by atoms with Gasteiger partial charge in [-0.2, -0.15) is 0 Å². The predicted molar refractivity (Wildman–Crippen MR) is 76.3 cm³/mol. The number of rotatable bonds is 6. The SMILES string of the molecule is CCn1cncc1CNCc1cccc([N+](=O)[O-])c1C. The minimum atomic E-state index is -0.342. The van der Waals surface area contributed by atoms with Crippen LogP contribution in [0.1, 0.15) is 23.7 Å². The van der Waals surface area contributed by atoms with Crippen molar-refractivity contribution < 1.29 is 4.92 Å². The van der Waals surface area contributed by atoms with Gasteiger partial charge in [0.2, 0.25) is 0 Å². The Morgan fingerprint density at radius 1 is 1.40 bits per heavy atom. The van der Waals surface area contributed by atoms with Gasteiger partial charge in [-0.1, -0.05) is 12.1 Å². The van der Waals surface area contributed by atoms with Gasteiger partial charge < -0.3 is 9.88 Å². The molecular weight excluding hydrogens is 256 g/mol. The molecular formula is C14H18N4O2. The van der Waals surface area contributed by atoms with Crippen molar-refractivity contribution in [1.82, 2.24) is 14.9 Å². The topological polar surface area (TPSA) is 73.0 Å². The number of nitro benzene ring substituents is 1. The molecule has 0 bridgehead atoms. The zero-order valence-electron chi connectivity index (χ0n) is 11.7. The number of nitrogens with one attached hydrogen (secondary N) is 1.